The molecule has 2 unspecified atom stereocenters. The third-order valence-electron chi connectivity index (χ3n) is 3.82. The average molecular weight is 473 g/mol. The average Bonchev–Trinajstić information content (AvgIpc) is 3.16. The molecule has 0 spiro atoms. The summed E-state index contributed by atoms with van der Waals surface area (Å²) < 4.78 is 18.3. The summed E-state index contributed by atoms with van der Waals surface area (Å²) >= 11 is 4.28. The molecule has 1 aliphatic rings. The van der Waals surface area contributed by atoms with E-state index in [9.17, 15) is 19.2 Å². The number of benzene rings is 1. The van der Waals surface area contributed by atoms with E-state index in [1.165, 1.54) is 30.0 Å². The van der Waals surface area contributed by atoms with Crippen molar-refractivity contribution >= 4 is 50.8 Å². The van der Waals surface area contributed by atoms with Gasteiger partial charge in [0.25, 0.3) is 0 Å². The van der Waals surface area contributed by atoms with Gasteiger partial charge in [0.2, 0.25) is 11.6 Å². The highest BCUT2D eigenvalue weighted by Gasteiger charge is 2.46. The molecule has 1 aromatic heterocycles. The Hall–Kier alpha value is -2.19. The van der Waals surface area contributed by atoms with Gasteiger partial charge >= 0.3 is 0 Å². The molecule has 2 aromatic rings. The van der Waals surface area contributed by atoms with Gasteiger partial charge in [0.05, 0.1) is 22.2 Å². The van der Waals surface area contributed by atoms with Crippen molar-refractivity contribution in [1.29, 1.82) is 0 Å². The Kier molecular flexibility index (Phi) is 6.51. The molecule has 0 bridgehead atoms. The highest BCUT2D eigenvalue weighted by atomic mass is 79.9. The van der Waals surface area contributed by atoms with Crippen LogP contribution >= 0.6 is 27.7 Å². The summed E-state index contributed by atoms with van der Waals surface area (Å²) in [5.41, 5.74) is 7.98. The molecular weight excluding hydrogens is 459 g/mol. The second-order valence-electron chi connectivity index (χ2n) is 5.62. The zero-order chi connectivity index (χ0) is 20.3. The van der Waals surface area contributed by atoms with E-state index in [4.69, 9.17) is 10.4 Å². The maximum absolute atomic E-state index is 13.3. The zero-order valence-corrected chi connectivity index (χ0v) is 16.5. The summed E-state index contributed by atoms with van der Waals surface area (Å²) in [5.74, 6) is -1.14. The first-order valence-electron chi connectivity index (χ1n) is 7.89. The molecule has 5 N–H and O–H groups in total. The fraction of sp³-hybridized carbons (Fsp3) is 0.267. The van der Waals surface area contributed by atoms with Gasteiger partial charge in [0.1, 0.15) is 5.82 Å². The topological polar surface area (TPSA) is 156 Å². The Balaban J connectivity index is 1.63. The Morgan fingerprint density at radius 3 is 2.86 bits per heavy atom. The lowest BCUT2D eigenvalue weighted by Gasteiger charge is -2.30. The molecule has 1 fully saturated rings. The van der Waals surface area contributed by atoms with Crippen molar-refractivity contribution in [3.63, 3.8) is 0 Å². The van der Waals surface area contributed by atoms with Gasteiger partial charge in [0, 0.05) is 12.3 Å². The monoisotopic (exact) mass is 472 g/mol. The predicted octanol–water partition coefficient (Wildman–Crippen LogP) is 0.558. The van der Waals surface area contributed by atoms with Crippen molar-refractivity contribution in [2.24, 2.45) is 10.7 Å². The summed E-state index contributed by atoms with van der Waals surface area (Å²) in [7, 11) is 0. The normalized spacial score (nSPS) is 19.6. The molecule has 0 amide bonds. The van der Waals surface area contributed by atoms with Crippen LogP contribution in [-0.4, -0.2) is 57.3 Å². The van der Waals surface area contributed by atoms with Crippen LogP contribution in [-0.2, 0) is 9.59 Å². The molecule has 0 radical (unpaired) electrons. The smallest absolute Gasteiger partial charge is 0.219 e. The third-order valence-corrected chi connectivity index (χ3v) is 5.38. The second-order valence-corrected chi connectivity index (χ2v) is 7.56. The molecule has 1 heterocycles. The molecule has 13 heteroatoms. The van der Waals surface area contributed by atoms with Gasteiger partial charge in [-0.05, 0) is 44.4 Å². The predicted molar refractivity (Wildman–Crippen MR) is 100 cm³/mol. The molecule has 1 aromatic carbocycles. The van der Waals surface area contributed by atoms with Gasteiger partial charge in [-0.25, -0.2) is 14.0 Å². The lowest BCUT2D eigenvalue weighted by molar-refractivity contribution is -0.146. The lowest BCUT2D eigenvalue weighted by atomic mass is 9.84. The maximum atomic E-state index is 13.3. The third kappa shape index (κ3) is 4.28. The van der Waals surface area contributed by atoms with Crippen molar-refractivity contribution in [3.05, 3.63) is 34.2 Å². The molecule has 28 heavy (non-hydrogen) atoms. The maximum Gasteiger partial charge on any atom is 0.219 e. The van der Waals surface area contributed by atoms with E-state index < -0.39 is 29.5 Å². The van der Waals surface area contributed by atoms with Crippen molar-refractivity contribution < 1.29 is 23.8 Å². The van der Waals surface area contributed by atoms with Crippen LogP contribution in [0.2, 0.25) is 0 Å². The molecule has 3 rings (SSSR count). The Bertz CT molecular complexity index is 939. The Labute approximate surface area is 170 Å². The number of rotatable bonds is 7. The number of carbonyl (C=O) groups is 2. The zero-order valence-electron chi connectivity index (χ0n) is 14.1. The SMILES string of the molecule is NC1C(=O)C(=O)C1NCCSc1nonc1C(=Nc1ccc(F)c(Br)c1)NO. The van der Waals surface area contributed by atoms with Gasteiger partial charge in [-0.1, -0.05) is 11.8 Å². The number of thioether (sulfide) groups is 1. The van der Waals surface area contributed by atoms with Gasteiger partial charge in [-0.15, -0.1) is 0 Å². The Morgan fingerprint density at radius 1 is 1.39 bits per heavy atom. The minimum Gasteiger partial charge on any atom is -0.319 e. The largest absolute Gasteiger partial charge is 0.319 e. The van der Waals surface area contributed by atoms with E-state index in [-0.39, 0.29) is 16.0 Å². The summed E-state index contributed by atoms with van der Waals surface area (Å²) in [6.45, 7) is 0.373. The van der Waals surface area contributed by atoms with Crippen molar-refractivity contribution in [3.8, 4) is 0 Å². The highest BCUT2D eigenvalue weighted by Crippen LogP contribution is 2.24. The Morgan fingerprint density at radius 2 is 2.18 bits per heavy atom. The second kappa shape index (κ2) is 8.87. The number of amidine groups is 1. The molecule has 10 nitrogen and oxygen atoms in total. The van der Waals surface area contributed by atoms with E-state index in [0.29, 0.717) is 23.0 Å². The van der Waals surface area contributed by atoms with Crippen LogP contribution in [0.4, 0.5) is 10.1 Å². The lowest BCUT2D eigenvalue weighted by Crippen LogP contribution is -2.68. The van der Waals surface area contributed by atoms with Gasteiger partial charge in [-0.3, -0.25) is 20.3 Å². The van der Waals surface area contributed by atoms with Crippen LogP contribution in [0.3, 0.4) is 0 Å². The molecule has 2 atom stereocenters. The fourth-order valence-corrected chi connectivity index (χ4v) is 3.49. The summed E-state index contributed by atoms with van der Waals surface area (Å²) in [4.78, 5) is 26.7. The first kappa shape index (κ1) is 20.5. The number of ketones is 2. The highest BCUT2D eigenvalue weighted by molar-refractivity contribution is 9.10. The van der Waals surface area contributed by atoms with Crippen LogP contribution < -0.4 is 16.5 Å². The number of hydrogen-bond donors (Lipinski definition) is 4. The van der Waals surface area contributed by atoms with E-state index >= 15 is 0 Å². The quantitative estimate of drug-likeness (QED) is 0.112. The number of carbonyl (C=O) groups excluding carboxylic acids is 2. The standard InChI is InChI=1S/C15H14BrFN6O4S/c16-7-5-6(1-2-8(7)17)20-14(21-26)11-15(23-27-22-11)28-4-3-19-10-9(18)12(24)13(10)25/h1-2,5,9-10,19,26H,3-4,18H2,(H,20,21). The van der Waals surface area contributed by atoms with Crippen LogP contribution in [0.15, 0.2) is 37.3 Å². The number of Topliss-reactive ketones (excluding diaryl/α,β-unsaturated/α-hetero) is 2. The summed E-state index contributed by atoms with van der Waals surface area (Å²) in [6.07, 6.45) is 0. The van der Waals surface area contributed by atoms with E-state index in [0.717, 1.165) is 0 Å². The molecule has 148 valence electrons. The molecule has 1 saturated carbocycles. The van der Waals surface area contributed by atoms with Crippen LogP contribution in [0.1, 0.15) is 5.69 Å². The fourth-order valence-electron chi connectivity index (χ4n) is 2.35. The van der Waals surface area contributed by atoms with Gasteiger partial charge in [0.15, 0.2) is 16.6 Å². The van der Waals surface area contributed by atoms with Crippen LogP contribution in [0, 0.1) is 5.82 Å². The van der Waals surface area contributed by atoms with Crippen molar-refractivity contribution in [1.82, 2.24) is 21.1 Å². The van der Waals surface area contributed by atoms with Crippen molar-refractivity contribution in [2.45, 2.75) is 17.1 Å². The van der Waals surface area contributed by atoms with Gasteiger partial charge in [-0.2, -0.15) is 0 Å². The summed E-state index contributed by atoms with van der Waals surface area (Å²) in [6, 6.07) is 2.58. The number of hydroxylamine groups is 1. The summed E-state index contributed by atoms with van der Waals surface area (Å²) in [5, 5.41) is 20.1. The van der Waals surface area contributed by atoms with Crippen LogP contribution in [0.5, 0.6) is 0 Å². The van der Waals surface area contributed by atoms with E-state index in [2.05, 4.69) is 36.6 Å². The van der Waals surface area contributed by atoms with Gasteiger partial charge < -0.3 is 11.1 Å². The minimum atomic E-state index is -0.811. The number of nitrogens with one attached hydrogen (secondary N) is 2. The molecule has 0 aliphatic heterocycles. The van der Waals surface area contributed by atoms with Crippen LogP contribution in [0.25, 0.3) is 0 Å². The number of aliphatic imine (C=N–C) groups is 1. The van der Waals surface area contributed by atoms with Crippen molar-refractivity contribution in [2.75, 3.05) is 12.3 Å². The molecular formula is C15H14BrFN6O4S. The first-order chi connectivity index (χ1) is 13.4. The van der Waals surface area contributed by atoms with E-state index in [1.807, 2.05) is 5.48 Å². The first-order valence-corrected chi connectivity index (χ1v) is 9.67. The number of nitrogens with zero attached hydrogens (tertiary/aromatic N) is 3. The number of nitrogens with two attached hydrogens (primary N) is 1. The molecule has 0 saturated heterocycles. The minimum absolute atomic E-state index is 0.0444. The number of aromatic nitrogens is 2. The van der Waals surface area contributed by atoms with E-state index in [1.54, 1.807) is 0 Å². The number of halogens is 2. The number of hydrogen-bond acceptors (Lipinski definition) is 10. The molecule has 1 aliphatic carbocycles.